The van der Waals surface area contributed by atoms with Crippen molar-refractivity contribution in [2.75, 3.05) is 0 Å². The first-order valence-corrected chi connectivity index (χ1v) is 6.45. The molecule has 2 nitrogen and oxygen atoms in total. The van der Waals surface area contributed by atoms with Gasteiger partial charge in [-0.05, 0) is 61.4 Å². The van der Waals surface area contributed by atoms with Crippen molar-refractivity contribution >= 4 is 65.9 Å². The Balaban J connectivity index is 2.87. The van der Waals surface area contributed by atoms with Crippen LogP contribution in [0, 0.1) is 3.57 Å². The molecule has 14 heavy (non-hydrogen) atoms. The van der Waals surface area contributed by atoms with Crippen LogP contribution in [0.15, 0.2) is 22.0 Å². The summed E-state index contributed by atoms with van der Waals surface area (Å²) >= 11 is 7.08. The van der Waals surface area contributed by atoms with Gasteiger partial charge in [0, 0.05) is 12.7 Å². The number of rotatable bonds is 1. The van der Waals surface area contributed by atoms with Gasteiger partial charge in [0.25, 0.3) is 0 Å². The molecule has 0 unspecified atom stereocenters. The first-order valence-electron chi connectivity index (χ1n) is 3.69. The van der Waals surface area contributed by atoms with Gasteiger partial charge in [-0.25, -0.2) is 4.79 Å². The third-order valence-electron chi connectivity index (χ3n) is 1.85. The molecule has 0 fully saturated rings. The number of fused-ring (bicyclic) bond motifs is 1. The molecule has 72 valence electrons. The molecule has 0 saturated heterocycles. The molecule has 0 amide bonds. The number of hydrogen-bond acceptors (Lipinski definition) is 2. The lowest BCUT2D eigenvalue weighted by Crippen LogP contribution is -1.98. The average molecular weight is 383 g/mol. The van der Waals surface area contributed by atoms with E-state index in [0.717, 1.165) is 13.7 Å². The van der Waals surface area contributed by atoms with E-state index in [-0.39, 0.29) is 0 Å². The van der Waals surface area contributed by atoms with Gasteiger partial charge < -0.3 is 5.11 Å². The van der Waals surface area contributed by atoms with Crippen molar-refractivity contribution in [2.45, 2.75) is 0 Å². The SMILES string of the molecule is O=C(O)c1cc2ccsc2c(I)c1Br. The van der Waals surface area contributed by atoms with Gasteiger partial charge in [-0.2, -0.15) is 0 Å². The van der Waals surface area contributed by atoms with Crippen molar-refractivity contribution in [3.63, 3.8) is 0 Å². The molecule has 0 radical (unpaired) electrons. The second-order valence-electron chi connectivity index (χ2n) is 2.70. The Morgan fingerprint density at radius 2 is 2.29 bits per heavy atom. The summed E-state index contributed by atoms with van der Waals surface area (Å²) in [6, 6.07) is 3.63. The summed E-state index contributed by atoms with van der Waals surface area (Å²) in [5.74, 6) is -0.900. The van der Waals surface area contributed by atoms with E-state index >= 15 is 0 Å². The summed E-state index contributed by atoms with van der Waals surface area (Å²) < 4.78 is 2.76. The normalized spacial score (nSPS) is 10.7. The summed E-state index contributed by atoms with van der Waals surface area (Å²) in [4.78, 5) is 10.9. The predicted molar refractivity (Wildman–Crippen MR) is 69.2 cm³/mol. The second-order valence-corrected chi connectivity index (χ2v) is 5.48. The second kappa shape index (κ2) is 3.79. The van der Waals surface area contributed by atoms with Crippen molar-refractivity contribution in [1.82, 2.24) is 0 Å². The number of halogens is 2. The van der Waals surface area contributed by atoms with Crippen molar-refractivity contribution in [2.24, 2.45) is 0 Å². The Morgan fingerprint density at radius 3 is 2.93 bits per heavy atom. The van der Waals surface area contributed by atoms with E-state index in [4.69, 9.17) is 5.11 Å². The Kier molecular flexibility index (Phi) is 2.81. The number of thiophene rings is 1. The van der Waals surface area contributed by atoms with Gasteiger partial charge in [0.1, 0.15) is 0 Å². The number of carboxylic acid groups (broad SMARTS) is 1. The molecule has 0 bridgehead atoms. The van der Waals surface area contributed by atoms with Gasteiger partial charge in [0.15, 0.2) is 0 Å². The fourth-order valence-electron chi connectivity index (χ4n) is 1.20. The van der Waals surface area contributed by atoms with Gasteiger partial charge in [-0.1, -0.05) is 0 Å². The van der Waals surface area contributed by atoms with Crippen molar-refractivity contribution < 1.29 is 9.90 Å². The number of benzene rings is 1. The van der Waals surface area contributed by atoms with Gasteiger partial charge in [-0.15, -0.1) is 11.3 Å². The summed E-state index contributed by atoms with van der Waals surface area (Å²) in [7, 11) is 0. The largest absolute Gasteiger partial charge is 0.478 e. The lowest BCUT2D eigenvalue weighted by atomic mass is 10.2. The number of carboxylic acids is 1. The molecular weight excluding hydrogens is 379 g/mol. The van der Waals surface area contributed by atoms with Crippen LogP contribution >= 0.6 is 49.9 Å². The van der Waals surface area contributed by atoms with Crippen LogP contribution in [0.5, 0.6) is 0 Å². The minimum atomic E-state index is -0.900. The highest BCUT2D eigenvalue weighted by Gasteiger charge is 2.14. The van der Waals surface area contributed by atoms with E-state index in [1.807, 2.05) is 11.4 Å². The van der Waals surface area contributed by atoms with E-state index in [2.05, 4.69) is 38.5 Å². The Labute approximate surface area is 106 Å². The van der Waals surface area contributed by atoms with Crippen LogP contribution in [-0.2, 0) is 0 Å². The molecule has 0 saturated carbocycles. The maximum atomic E-state index is 10.9. The zero-order valence-electron chi connectivity index (χ0n) is 6.75. The highest BCUT2D eigenvalue weighted by molar-refractivity contribution is 14.1. The van der Waals surface area contributed by atoms with Crippen molar-refractivity contribution in [3.8, 4) is 0 Å². The maximum Gasteiger partial charge on any atom is 0.336 e. The third-order valence-corrected chi connectivity index (χ3v) is 5.81. The molecule has 0 aliphatic carbocycles. The van der Waals surface area contributed by atoms with Crippen LogP contribution in [0.25, 0.3) is 10.1 Å². The summed E-state index contributed by atoms with van der Waals surface area (Å²) in [5, 5.41) is 11.9. The fraction of sp³-hybridized carbons (Fsp3) is 0. The fourth-order valence-corrected chi connectivity index (χ4v) is 3.62. The molecule has 0 spiro atoms. The van der Waals surface area contributed by atoms with E-state index in [9.17, 15) is 4.79 Å². The third kappa shape index (κ3) is 1.57. The minimum absolute atomic E-state index is 0.320. The lowest BCUT2D eigenvalue weighted by molar-refractivity contribution is 0.0696. The number of carbonyl (C=O) groups is 1. The monoisotopic (exact) mass is 382 g/mol. The van der Waals surface area contributed by atoms with E-state index in [1.54, 1.807) is 17.4 Å². The zero-order chi connectivity index (χ0) is 10.3. The molecule has 1 aromatic heterocycles. The predicted octanol–water partition coefficient (Wildman–Crippen LogP) is 3.97. The van der Waals surface area contributed by atoms with E-state index < -0.39 is 5.97 Å². The minimum Gasteiger partial charge on any atom is -0.478 e. The van der Waals surface area contributed by atoms with Gasteiger partial charge in [-0.3, -0.25) is 0 Å². The van der Waals surface area contributed by atoms with Crippen LogP contribution in [0.2, 0.25) is 0 Å². The molecule has 1 N–H and O–H groups in total. The first-order chi connectivity index (χ1) is 6.61. The quantitative estimate of drug-likeness (QED) is 0.758. The summed E-state index contributed by atoms with van der Waals surface area (Å²) in [5.41, 5.74) is 0.320. The first kappa shape index (κ1) is 10.4. The highest BCUT2D eigenvalue weighted by Crippen LogP contribution is 2.34. The van der Waals surface area contributed by atoms with Crippen molar-refractivity contribution in [1.29, 1.82) is 0 Å². The van der Waals surface area contributed by atoms with Gasteiger partial charge in [0.2, 0.25) is 0 Å². The maximum absolute atomic E-state index is 10.9. The molecule has 0 atom stereocenters. The molecule has 2 rings (SSSR count). The molecule has 2 aromatic rings. The van der Waals surface area contributed by atoms with Crippen molar-refractivity contribution in [3.05, 3.63) is 31.1 Å². The summed E-state index contributed by atoms with van der Waals surface area (Å²) in [6.07, 6.45) is 0. The molecule has 1 heterocycles. The summed E-state index contributed by atoms with van der Waals surface area (Å²) in [6.45, 7) is 0. The molecule has 0 aliphatic heterocycles. The Hall–Kier alpha value is -0.140. The molecular formula is C9H4BrIO2S. The highest BCUT2D eigenvalue weighted by atomic mass is 127. The zero-order valence-corrected chi connectivity index (χ0v) is 11.3. The smallest absolute Gasteiger partial charge is 0.336 e. The Bertz CT molecular complexity index is 521. The van der Waals surface area contributed by atoms with Crippen LogP contribution in [0.3, 0.4) is 0 Å². The van der Waals surface area contributed by atoms with Crippen LogP contribution < -0.4 is 0 Å². The average Bonchev–Trinajstić information content (AvgIpc) is 2.58. The van der Waals surface area contributed by atoms with Crippen LogP contribution in [-0.4, -0.2) is 11.1 Å². The number of aromatic carboxylic acids is 1. The van der Waals surface area contributed by atoms with Crippen LogP contribution in [0.1, 0.15) is 10.4 Å². The van der Waals surface area contributed by atoms with E-state index in [0.29, 0.717) is 10.0 Å². The molecule has 0 aliphatic rings. The standard InChI is InChI=1S/C9H4BrIO2S/c10-6-5(9(12)13)3-4-1-2-14-8(4)7(6)11/h1-3H,(H,12,13). The topological polar surface area (TPSA) is 37.3 Å². The van der Waals surface area contributed by atoms with E-state index in [1.165, 1.54) is 0 Å². The van der Waals surface area contributed by atoms with Crippen LogP contribution in [0.4, 0.5) is 0 Å². The van der Waals surface area contributed by atoms with Gasteiger partial charge >= 0.3 is 5.97 Å². The number of hydrogen-bond donors (Lipinski definition) is 1. The lowest BCUT2D eigenvalue weighted by Gasteiger charge is -2.02. The molecule has 1 aromatic carbocycles. The molecule has 5 heteroatoms. The van der Waals surface area contributed by atoms with Gasteiger partial charge in [0.05, 0.1) is 5.56 Å². The Morgan fingerprint density at radius 1 is 1.57 bits per heavy atom.